The molecule has 5 heteroatoms. The van der Waals surface area contributed by atoms with Crippen molar-refractivity contribution in [3.63, 3.8) is 0 Å². The zero-order valence-electron chi connectivity index (χ0n) is 12.8. The Morgan fingerprint density at radius 2 is 1.87 bits per heavy atom. The summed E-state index contributed by atoms with van der Waals surface area (Å²) in [5, 5.41) is 5.90. The highest BCUT2D eigenvalue weighted by atomic mass is 19.1. The number of nitrogens with zero attached hydrogens (tertiary/aromatic N) is 1. The average molecular weight is 313 g/mol. The maximum atomic E-state index is 13.1. The summed E-state index contributed by atoms with van der Waals surface area (Å²) in [6.45, 7) is 0.454. The molecule has 1 atom stereocenters. The summed E-state index contributed by atoms with van der Waals surface area (Å²) < 4.78 is 13.1. The lowest BCUT2D eigenvalue weighted by atomic mass is 9.77. The molecule has 0 unspecified atom stereocenters. The second-order valence-electron chi connectivity index (χ2n) is 5.90. The van der Waals surface area contributed by atoms with Crippen molar-refractivity contribution >= 4 is 6.03 Å². The van der Waals surface area contributed by atoms with E-state index in [0.717, 1.165) is 24.0 Å². The van der Waals surface area contributed by atoms with Crippen LogP contribution >= 0.6 is 0 Å². The number of amides is 2. The number of halogens is 1. The lowest BCUT2D eigenvalue weighted by Crippen LogP contribution is -2.41. The standard InChI is InChI=1S/C18H20FN3O/c19-16-6-4-15(5-7-16)17(14-2-1-3-14)22-18(23)21-12-13-8-10-20-11-9-13/h4-11,14,17H,1-3,12H2,(H2,21,22,23)/t17-/m1/s1. The fourth-order valence-corrected chi connectivity index (χ4v) is 2.79. The molecule has 1 aromatic carbocycles. The van der Waals surface area contributed by atoms with Crippen LogP contribution in [-0.4, -0.2) is 11.0 Å². The highest BCUT2D eigenvalue weighted by Gasteiger charge is 2.29. The Balaban J connectivity index is 1.61. The number of urea groups is 1. The van der Waals surface area contributed by atoms with E-state index in [9.17, 15) is 9.18 Å². The van der Waals surface area contributed by atoms with Crippen molar-refractivity contribution in [3.05, 3.63) is 65.7 Å². The van der Waals surface area contributed by atoms with Gasteiger partial charge < -0.3 is 10.6 Å². The minimum absolute atomic E-state index is 0.0678. The van der Waals surface area contributed by atoms with Gasteiger partial charge in [0.05, 0.1) is 6.04 Å². The van der Waals surface area contributed by atoms with E-state index in [0.29, 0.717) is 12.5 Å². The molecule has 1 heterocycles. The number of hydrogen-bond donors (Lipinski definition) is 2. The molecule has 2 amide bonds. The molecule has 1 aliphatic rings. The first-order chi connectivity index (χ1) is 11.2. The second-order valence-corrected chi connectivity index (χ2v) is 5.90. The van der Waals surface area contributed by atoms with E-state index in [1.807, 2.05) is 12.1 Å². The molecule has 23 heavy (non-hydrogen) atoms. The Hall–Kier alpha value is -2.43. The summed E-state index contributed by atoms with van der Waals surface area (Å²) in [7, 11) is 0. The van der Waals surface area contributed by atoms with Crippen molar-refractivity contribution < 1.29 is 9.18 Å². The van der Waals surface area contributed by atoms with Crippen LogP contribution in [0.1, 0.15) is 36.4 Å². The van der Waals surface area contributed by atoms with Gasteiger partial charge in [0.2, 0.25) is 0 Å². The van der Waals surface area contributed by atoms with Crippen LogP contribution in [0.2, 0.25) is 0 Å². The topological polar surface area (TPSA) is 54.0 Å². The van der Waals surface area contributed by atoms with Gasteiger partial charge in [0.15, 0.2) is 0 Å². The van der Waals surface area contributed by atoms with E-state index in [-0.39, 0.29) is 17.9 Å². The lowest BCUT2D eigenvalue weighted by Gasteiger charge is -2.34. The van der Waals surface area contributed by atoms with Gasteiger partial charge in [-0.25, -0.2) is 9.18 Å². The van der Waals surface area contributed by atoms with Crippen molar-refractivity contribution in [3.8, 4) is 0 Å². The third kappa shape index (κ3) is 4.06. The van der Waals surface area contributed by atoms with Crippen LogP contribution in [-0.2, 0) is 6.54 Å². The van der Waals surface area contributed by atoms with Gasteiger partial charge in [0.25, 0.3) is 0 Å². The van der Waals surface area contributed by atoms with E-state index < -0.39 is 0 Å². The first-order valence-electron chi connectivity index (χ1n) is 7.91. The Labute approximate surface area is 135 Å². The zero-order chi connectivity index (χ0) is 16.1. The van der Waals surface area contributed by atoms with E-state index >= 15 is 0 Å². The third-order valence-electron chi connectivity index (χ3n) is 4.34. The fraction of sp³-hybridized carbons (Fsp3) is 0.333. The minimum atomic E-state index is -0.261. The van der Waals surface area contributed by atoms with E-state index in [4.69, 9.17) is 0 Å². The number of rotatable bonds is 5. The van der Waals surface area contributed by atoms with Crippen molar-refractivity contribution in [1.82, 2.24) is 15.6 Å². The maximum absolute atomic E-state index is 13.1. The molecule has 1 saturated carbocycles. The molecule has 3 rings (SSSR count). The molecular formula is C18H20FN3O. The Morgan fingerprint density at radius 3 is 2.48 bits per heavy atom. The molecular weight excluding hydrogens is 293 g/mol. The molecule has 0 spiro atoms. The van der Waals surface area contributed by atoms with E-state index in [1.54, 1.807) is 24.5 Å². The number of aromatic nitrogens is 1. The number of nitrogens with one attached hydrogen (secondary N) is 2. The molecule has 0 bridgehead atoms. The Morgan fingerprint density at radius 1 is 1.17 bits per heavy atom. The van der Waals surface area contributed by atoms with Crippen LogP contribution in [0.25, 0.3) is 0 Å². The fourth-order valence-electron chi connectivity index (χ4n) is 2.79. The molecule has 1 aliphatic carbocycles. The van der Waals surface area contributed by atoms with Crippen LogP contribution in [0.5, 0.6) is 0 Å². The van der Waals surface area contributed by atoms with Gasteiger partial charge in [-0.3, -0.25) is 4.98 Å². The summed E-state index contributed by atoms with van der Waals surface area (Å²) in [5.41, 5.74) is 1.95. The van der Waals surface area contributed by atoms with Gasteiger partial charge in [-0.2, -0.15) is 0 Å². The van der Waals surface area contributed by atoms with E-state index in [1.165, 1.54) is 18.6 Å². The van der Waals surface area contributed by atoms with Gasteiger partial charge in [-0.05, 0) is 54.2 Å². The molecule has 4 nitrogen and oxygen atoms in total. The molecule has 1 aromatic heterocycles. The van der Waals surface area contributed by atoms with Crippen LogP contribution < -0.4 is 10.6 Å². The zero-order valence-corrected chi connectivity index (χ0v) is 12.8. The number of benzene rings is 1. The molecule has 0 saturated heterocycles. The van der Waals surface area contributed by atoms with Gasteiger partial charge in [-0.15, -0.1) is 0 Å². The SMILES string of the molecule is O=C(NCc1ccncc1)N[C@@H](c1ccc(F)cc1)C1CCC1. The summed E-state index contributed by atoms with van der Waals surface area (Å²) in [6, 6.07) is 9.84. The smallest absolute Gasteiger partial charge is 0.315 e. The van der Waals surface area contributed by atoms with Crippen molar-refractivity contribution in [1.29, 1.82) is 0 Å². The van der Waals surface area contributed by atoms with Crippen LogP contribution in [0, 0.1) is 11.7 Å². The van der Waals surface area contributed by atoms with Gasteiger partial charge in [0, 0.05) is 18.9 Å². The highest BCUT2D eigenvalue weighted by molar-refractivity contribution is 5.74. The predicted molar refractivity (Wildman–Crippen MR) is 86.1 cm³/mol. The number of pyridine rings is 1. The molecule has 2 aromatic rings. The lowest BCUT2D eigenvalue weighted by molar-refractivity contribution is 0.207. The van der Waals surface area contributed by atoms with Gasteiger partial charge >= 0.3 is 6.03 Å². The summed E-state index contributed by atoms with van der Waals surface area (Å²) in [4.78, 5) is 16.2. The quantitative estimate of drug-likeness (QED) is 0.887. The molecule has 1 fully saturated rings. The largest absolute Gasteiger partial charge is 0.334 e. The number of carbonyl (C=O) groups is 1. The second kappa shape index (κ2) is 7.22. The normalized spacial score (nSPS) is 15.5. The Kier molecular flexibility index (Phi) is 4.86. The summed E-state index contributed by atoms with van der Waals surface area (Å²) in [6.07, 6.45) is 6.76. The first-order valence-corrected chi connectivity index (χ1v) is 7.91. The van der Waals surface area contributed by atoms with Gasteiger partial charge in [0.1, 0.15) is 5.82 Å². The monoisotopic (exact) mass is 313 g/mol. The predicted octanol–water partition coefficient (Wildman–Crippen LogP) is 3.56. The maximum Gasteiger partial charge on any atom is 0.315 e. The molecule has 120 valence electrons. The Bertz CT molecular complexity index is 641. The van der Waals surface area contributed by atoms with Crippen LogP contribution in [0.4, 0.5) is 9.18 Å². The van der Waals surface area contributed by atoms with Crippen molar-refractivity contribution in [2.45, 2.75) is 31.8 Å². The third-order valence-corrected chi connectivity index (χ3v) is 4.34. The number of hydrogen-bond acceptors (Lipinski definition) is 2. The minimum Gasteiger partial charge on any atom is -0.334 e. The molecule has 2 N–H and O–H groups in total. The van der Waals surface area contributed by atoms with E-state index in [2.05, 4.69) is 15.6 Å². The van der Waals surface area contributed by atoms with Crippen LogP contribution in [0.15, 0.2) is 48.8 Å². The summed E-state index contributed by atoms with van der Waals surface area (Å²) in [5.74, 6) is 0.162. The van der Waals surface area contributed by atoms with Crippen molar-refractivity contribution in [2.75, 3.05) is 0 Å². The number of carbonyl (C=O) groups excluding carboxylic acids is 1. The molecule has 0 aliphatic heterocycles. The average Bonchev–Trinajstić information content (AvgIpc) is 2.52. The highest BCUT2D eigenvalue weighted by Crippen LogP contribution is 2.37. The summed E-state index contributed by atoms with van der Waals surface area (Å²) >= 11 is 0. The van der Waals surface area contributed by atoms with Crippen LogP contribution in [0.3, 0.4) is 0 Å². The first kappa shape index (κ1) is 15.5. The molecule has 0 radical (unpaired) electrons. The van der Waals surface area contributed by atoms with Gasteiger partial charge in [-0.1, -0.05) is 18.6 Å². The van der Waals surface area contributed by atoms with Crippen molar-refractivity contribution in [2.24, 2.45) is 5.92 Å².